The van der Waals surface area contributed by atoms with Crippen LogP contribution in [0.4, 0.5) is 5.82 Å². The fourth-order valence-corrected chi connectivity index (χ4v) is 2.56. The number of pyridine rings is 1. The van der Waals surface area contributed by atoms with Crippen molar-refractivity contribution in [1.82, 2.24) is 19.9 Å². The second-order valence-corrected chi connectivity index (χ2v) is 5.10. The van der Waals surface area contributed by atoms with Gasteiger partial charge in [-0.15, -0.1) is 0 Å². The molecule has 1 aliphatic heterocycles. The molecule has 2 aromatic heterocycles. The molecule has 0 saturated carbocycles. The van der Waals surface area contributed by atoms with Crippen LogP contribution in [0.3, 0.4) is 0 Å². The van der Waals surface area contributed by atoms with E-state index < -0.39 is 0 Å². The Labute approximate surface area is 119 Å². The molecule has 1 atom stereocenters. The van der Waals surface area contributed by atoms with Gasteiger partial charge < -0.3 is 10.2 Å². The van der Waals surface area contributed by atoms with Gasteiger partial charge in [-0.1, -0.05) is 6.07 Å². The van der Waals surface area contributed by atoms with Gasteiger partial charge in [0.05, 0.1) is 0 Å². The largest absolute Gasteiger partial charge is 0.366 e. The Morgan fingerprint density at radius 1 is 1.20 bits per heavy atom. The van der Waals surface area contributed by atoms with Crippen molar-refractivity contribution in [2.24, 2.45) is 0 Å². The highest BCUT2D eigenvalue weighted by Gasteiger charge is 2.22. The van der Waals surface area contributed by atoms with E-state index >= 15 is 0 Å². The summed E-state index contributed by atoms with van der Waals surface area (Å²) in [7, 11) is 0. The van der Waals surface area contributed by atoms with Gasteiger partial charge in [0.15, 0.2) is 0 Å². The van der Waals surface area contributed by atoms with Crippen LogP contribution in [-0.4, -0.2) is 45.5 Å². The molecule has 5 heteroatoms. The second-order valence-electron chi connectivity index (χ2n) is 5.10. The van der Waals surface area contributed by atoms with E-state index in [-0.39, 0.29) is 0 Å². The number of aromatic nitrogens is 3. The maximum absolute atomic E-state index is 4.37. The predicted octanol–water partition coefficient (Wildman–Crippen LogP) is 1.60. The monoisotopic (exact) mass is 269 g/mol. The lowest BCUT2D eigenvalue weighted by molar-refractivity contribution is 0.339. The van der Waals surface area contributed by atoms with Gasteiger partial charge in [-0.3, -0.25) is 4.98 Å². The van der Waals surface area contributed by atoms with E-state index in [0.29, 0.717) is 6.04 Å². The Morgan fingerprint density at radius 3 is 3.00 bits per heavy atom. The minimum absolute atomic E-state index is 0.480. The van der Waals surface area contributed by atoms with Gasteiger partial charge in [-0.2, -0.15) is 0 Å². The van der Waals surface area contributed by atoms with Gasteiger partial charge in [-0.25, -0.2) is 9.97 Å². The lowest BCUT2D eigenvalue weighted by atomic mass is 10.2. The summed E-state index contributed by atoms with van der Waals surface area (Å²) in [6.45, 7) is 3.27. The molecule has 0 aromatic carbocycles. The van der Waals surface area contributed by atoms with Crippen molar-refractivity contribution in [1.29, 1.82) is 0 Å². The number of nitrogens with one attached hydrogen (secondary N) is 1. The fraction of sp³-hybridized carbons (Fsp3) is 0.400. The zero-order valence-corrected chi connectivity index (χ0v) is 11.4. The van der Waals surface area contributed by atoms with Crippen LogP contribution < -0.4 is 5.32 Å². The highest BCUT2D eigenvalue weighted by Crippen LogP contribution is 2.14. The van der Waals surface area contributed by atoms with Crippen LogP contribution in [0.15, 0.2) is 43.0 Å². The minimum atomic E-state index is 0.480. The van der Waals surface area contributed by atoms with Crippen LogP contribution in [0, 0.1) is 0 Å². The maximum atomic E-state index is 4.37. The van der Waals surface area contributed by atoms with Crippen molar-refractivity contribution in [3.05, 3.63) is 48.7 Å². The zero-order valence-electron chi connectivity index (χ0n) is 11.4. The molecule has 3 rings (SSSR count). The van der Waals surface area contributed by atoms with E-state index in [1.807, 2.05) is 24.4 Å². The Hall–Kier alpha value is -2.01. The topological polar surface area (TPSA) is 53.9 Å². The van der Waals surface area contributed by atoms with Crippen LogP contribution in [0.2, 0.25) is 0 Å². The van der Waals surface area contributed by atoms with Crippen LogP contribution >= 0.6 is 0 Å². The normalized spacial score (nSPS) is 19.1. The highest BCUT2D eigenvalue weighted by molar-refractivity contribution is 5.33. The van der Waals surface area contributed by atoms with Gasteiger partial charge in [0, 0.05) is 50.2 Å². The molecule has 0 bridgehead atoms. The van der Waals surface area contributed by atoms with Gasteiger partial charge in [0.25, 0.3) is 0 Å². The van der Waals surface area contributed by atoms with Gasteiger partial charge in [-0.05, 0) is 24.6 Å². The number of hydrogen-bond donors (Lipinski definition) is 1. The third kappa shape index (κ3) is 3.51. The van der Waals surface area contributed by atoms with E-state index in [4.69, 9.17) is 0 Å². The molecule has 104 valence electrons. The Balaban J connectivity index is 1.45. The molecule has 3 heterocycles. The number of rotatable bonds is 5. The average Bonchev–Trinajstić information content (AvgIpc) is 2.95. The molecule has 0 amide bonds. The summed E-state index contributed by atoms with van der Waals surface area (Å²) in [5.74, 6) is 0.913. The maximum Gasteiger partial charge on any atom is 0.129 e. The van der Waals surface area contributed by atoms with Gasteiger partial charge in [0.1, 0.15) is 12.1 Å². The Bertz CT molecular complexity index is 516. The predicted molar refractivity (Wildman–Crippen MR) is 78.4 cm³/mol. The molecule has 1 fully saturated rings. The first-order valence-electron chi connectivity index (χ1n) is 7.05. The summed E-state index contributed by atoms with van der Waals surface area (Å²) in [6.07, 6.45) is 7.38. The molecule has 0 radical (unpaired) electrons. The molecule has 0 spiro atoms. The van der Waals surface area contributed by atoms with Crippen LogP contribution in [0.25, 0.3) is 0 Å². The average molecular weight is 269 g/mol. The molecule has 1 N–H and O–H groups in total. The molecule has 0 aliphatic carbocycles. The molecule has 1 unspecified atom stereocenters. The summed E-state index contributed by atoms with van der Waals surface area (Å²) in [4.78, 5) is 15.0. The third-order valence-electron chi connectivity index (χ3n) is 3.62. The van der Waals surface area contributed by atoms with Gasteiger partial charge in [0.2, 0.25) is 0 Å². The summed E-state index contributed by atoms with van der Waals surface area (Å²) >= 11 is 0. The summed E-state index contributed by atoms with van der Waals surface area (Å²) in [5.41, 5.74) is 1.17. The number of nitrogens with zero attached hydrogens (tertiary/aromatic N) is 4. The smallest absolute Gasteiger partial charge is 0.129 e. The molecular formula is C15H19N5. The standard InChI is InChI=1S/C15H19N5/c1-2-7-17-13(3-1)5-9-20-10-6-14(11-20)19-15-4-8-16-12-18-15/h1-4,7-8,12,14H,5-6,9-11H2,(H,16,18,19). The molecule has 20 heavy (non-hydrogen) atoms. The van der Waals surface area contributed by atoms with E-state index in [2.05, 4.69) is 31.2 Å². The van der Waals surface area contributed by atoms with Crippen LogP contribution in [0.5, 0.6) is 0 Å². The van der Waals surface area contributed by atoms with E-state index in [9.17, 15) is 0 Å². The summed E-state index contributed by atoms with van der Waals surface area (Å²) in [6, 6.07) is 8.49. The Morgan fingerprint density at radius 2 is 2.20 bits per heavy atom. The summed E-state index contributed by atoms with van der Waals surface area (Å²) < 4.78 is 0. The Kier molecular flexibility index (Phi) is 4.18. The molecule has 1 saturated heterocycles. The van der Waals surface area contributed by atoms with Crippen LogP contribution in [0.1, 0.15) is 12.1 Å². The van der Waals surface area contributed by atoms with Crippen molar-refractivity contribution in [2.45, 2.75) is 18.9 Å². The first-order chi connectivity index (χ1) is 9.90. The van der Waals surface area contributed by atoms with Crippen molar-refractivity contribution >= 4 is 5.82 Å². The number of anilines is 1. The van der Waals surface area contributed by atoms with Crippen molar-refractivity contribution in [3.63, 3.8) is 0 Å². The molecule has 2 aromatic rings. The van der Waals surface area contributed by atoms with Gasteiger partial charge >= 0.3 is 0 Å². The summed E-state index contributed by atoms with van der Waals surface area (Å²) in [5, 5.41) is 3.46. The minimum Gasteiger partial charge on any atom is -0.366 e. The van der Waals surface area contributed by atoms with E-state index in [1.165, 1.54) is 5.69 Å². The SMILES string of the molecule is c1ccc(CCN2CCC(Nc3ccncn3)C2)nc1. The van der Waals surface area contributed by atoms with E-state index in [1.54, 1.807) is 12.5 Å². The van der Waals surface area contributed by atoms with Crippen molar-refractivity contribution in [2.75, 3.05) is 25.0 Å². The highest BCUT2D eigenvalue weighted by atomic mass is 15.2. The molecule has 5 nitrogen and oxygen atoms in total. The number of likely N-dealkylation sites (tertiary alicyclic amines) is 1. The quantitative estimate of drug-likeness (QED) is 0.893. The first kappa shape index (κ1) is 13.0. The van der Waals surface area contributed by atoms with Crippen molar-refractivity contribution < 1.29 is 0 Å². The van der Waals surface area contributed by atoms with Crippen LogP contribution in [-0.2, 0) is 6.42 Å². The molecular weight excluding hydrogens is 250 g/mol. The fourth-order valence-electron chi connectivity index (χ4n) is 2.56. The lowest BCUT2D eigenvalue weighted by Crippen LogP contribution is -2.28. The first-order valence-corrected chi connectivity index (χ1v) is 7.05. The van der Waals surface area contributed by atoms with E-state index in [0.717, 1.165) is 38.3 Å². The second kappa shape index (κ2) is 6.43. The molecule has 1 aliphatic rings. The lowest BCUT2D eigenvalue weighted by Gasteiger charge is -2.16. The number of hydrogen-bond acceptors (Lipinski definition) is 5. The third-order valence-corrected chi connectivity index (χ3v) is 3.62. The van der Waals surface area contributed by atoms with Crippen molar-refractivity contribution in [3.8, 4) is 0 Å². The zero-order chi connectivity index (χ0) is 13.6.